The lowest BCUT2D eigenvalue weighted by Crippen LogP contribution is -2.11. The monoisotopic (exact) mass is 218 g/mol. The standard InChI is InChI=1S/C14H22N2/c1-13(2,3)8-11-6-10-7-14(4,5)9-12(10)16-15-11/h6H,7-9H2,1-5H3. The molecule has 16 heavy (non-hydrogen) atoms. The molecule has 0 saturated carbocycles. The molecule has 1 aliphatic rings. The molecule has 0 radical (unpaired) electrons. The van der Waals surface area contributed by atoms with Gasteiger partial charge in [0.15, 0.2) is 0 Å². The lowest BCUT2D eigenvalue weighted by Gasteiger charge is -2.17. The fourth-order valence-corrected chi connectivity index (χ4v) is 2.47. The van der Waals surface area contributed by atoms with E-state index in [1.807, 2.05) is 0 Å². The molecule has 2 heteroatoms. The molecule has 1 heterocycles. The lowest BCUT2D eigenvalue weighted by atomic mass is 9.89. The topological polar surface area (TPSA) is 25.8 Å². The smallest absolute Gasteiger partial charge is 0.0668 e. The first kappa shape index (κ1) is 11.6. The van der Waals surface area contributed by atoms with Crippen molar-refractivity contribution in [2.45, 2.75) is 53.9 Å². The molecule has 88 valence electrons. The Morgan fingerprint density at radius 2 is 1.88 bits per heavy atom. The Morgan fingerprint density at radius 3 is 2.50 bits per heavy atom. The first-order chi connectivity index (χ1) is 7.25. The van der Waals surface area contributed by atoms with Gasteiger partial charge in [-0.25, -0.2) is 0 Å². The third-order valence-electron chi connectivity index (χ3n) is 3.04. The summed E-state index contributed by atoms with van der Waals surface area (Å²) in [5.74, 6) is 0. The number of aromatic nitrogens is 2. The van der Waals surface area contributed by atoms with Crippen LogP contribution in [0.4, 0.5) is 0 Å². The van der Waals surface area contributed by atoms with Gasteiger partial charge in [-0.1, -0.05) is 34.6 Å². The number of fused-ring (bicyclic) bond motifs is 1. The van der Waals surface area contributed by atoms with E-state index in [1.54, 1.807) is 0 Å². The van der Waals surface area contributed by atoms with Gasteiger partial charge in [0.2, 0.25) is 0 Å². The van der Waals surface area contributed by atoms with E-state index in [0.717, 1.165) is 25.0 Å². The van der Waals surface area contributed by atoms with Crippen molar-refractivity contribution in [2.75, 3.05) is 0 Å². The predicted molar refractivity (Wildman–Crippen MR) is 66.4 cm³/mol. The average Bonchev–Trinajstić information content (AvgIpc) is 2.34. The zero-order valence-corrected chi connectivity index (χ0v) is 11.1. The third kappa shape index (κ3) is 2.60. The zero-order chi connectivity index (χ0) is 12.0. The first-order valence-corrected chi connectivity index (χ1v) is 6.10. The summed E-state index contributed by atoms with van der Waals surface area (Å²) >= 11 is 0. The second-order valence-electron chi connectivity index (χ2n) is 7.06. The molecule has 0 unspecified atom stereocenters. The Bertz CT molecular complexity index is 400. The van der Waals surface area contributed by atoms with Crippen LogP contribution in [0, 0.1) is 10.8 Å². The molecule has 0 spiro atoms. The SMILES string of the molecule is CC(C)(C)Cc1cc2c(nn1)CC(C)(C)C2. The van der Waals surface area contributed by atoms with Crippen molar-refractivity contribution in [1.82, 2.24) is 10.2 Å². The first-order valence-electron chi connectivity index (χ1n) is 6.10. The van der Waals surface area contributed by atoms with Gasteiger partial charge >= 0.3 is 0 Å². The van der Waals surface area contributed by atoms with Crippen LogP contribution in [0.2, 0.25) is 0 Å². The summed E-state index contributed by atoms with van der Waals surface area (Å²) in [5, 5.41) is 8.74. The number of nitrogens with zero attached hydrogens (tertiary/aromatic N) is 2. The number of hydrogen-bond acceptors (Lipinski definition) is 2. The number of hydrogen-bond donors (Lipinski definition) is 0. The van der Waals surface area contributed by atoms with Crippen molar-refractivity contribution >= 4 is 0 Å². The van der Waals surface area contributed by atoms with Crippen LogP contribution >= 0.6 is 0 Å². The summed E-state index contributed by atoms with van der Waals surface area (Å²) in [7, 11) is 0. The van der Waals surface area contributed by atoms with E-state index in [1.165, 1.54) is 11.3 Å². The van der Waals surface area contributed by atoms with Crippen molar-refractivity contribution in [3.05, 3.63) is 23.0 Å². The normalized spacial score (nSPS) is 18.6. The molecule has 0 fully saturated rings. The molecule has 1 aliphatic carbocycles. The van der Waals surface area contributed by atoms with Crippen LogP contribution in [0.3, 0.4) is 0 Å². The number of rotatable bonds is 1. The minimum Gasteiger partial charge on any atom is -0.155 e. The maximum Gasteiger partial charge on any atom is 0.0668 e. The second kappa shape index (κ2) is 3.54. The van der Waals surface area contributed by atoms with E-state index in [9.17, 15) is 0 Å². The molecule has 0 bridgehead atoms. The van der Waals surface area contributed by atoms with Gasteiger partial charge in [-0.05, 0) is 41.7 Å². The molecule has 0 aromatic carbocycles. The Kier molecular flexibility index (Phi) is 2.56. The van der Waals surface area contributed by atoms with Gasteiger partial charge in [-0.2, -0.15) is 10.2 Å². The molecule has 0 amide bonds. The van der Waals surface area contributed by atoms with Gasteiger partial charge in [0.25, 0.3) is 0 Å². The van der Waals surface area contributed by atoms with Crippen molar-refractivity contribution in [3.63, 3.8) is 0 Å². The van der Waals surface area contributed by atoms with Crippen molar-refractivity contribution in [2.24, 2.45) is 10.8 Å². The highest BCUT2D eigenvalue weighted by atomic mass is 15.1. The van der Waals surface area contributed by atoms with Gasteiger partial charge in [0, 0.05) is 0 Å². The summed E-state index contributed by atoms with van der Waals surface area (Å²) < 4.78 is 0. The highest BCUT2D eigenvalue weighted by Gasteiger charge is 2.30. The van der Waals surface area contributed by atoms with Gasteiger partial charge < -0.3 is 0 Å². The molecule has 0 N–H and O–H groups in total. The van der Waals surface area contributed by atoms with Crippen molar-refractivity contribution in [1.29, 1.82) is 0 Å². The quantitative estimate of drug-likeness (QED) is 0.723. The fourth-order valence-electron chi connectivity index (χ4n) is 2.47. The van der Waals surface area contributed by atoms with Gasteiger partial charge in [-0.3, -0.25) is 0 Å². The van der Waals surface area contributed by atoms with Crippen LogP contribution in [-0.2, 0) is 19.3 Å². The van der Waals surface area contributed by atoms with Gasteiger partial charge in [-0.15, -0.1) is 0 Å². The lowest BCUT2D eigenvalue weighted by molar-refractivity contribution is 0.390. The fraction of sp³-hybridized carbons (Fsp3) is 0.714. The zero-order valence-electron chi connectivity index (χ0n) is 11.1. The molecule has 0 aliphatic heterocycles. The van der Waals surface area contributed by atoms with E-state index < -0.39 is 0 Å². The van der Waals surface area contributed by atoms with E-state index in [4.69, 9.17) is 0 Å². The van der Waals surface area contributed by atoms with Crippen LogP contribution < -0.4 is 0 Å². The molecule has 0 atom stereocenters. The molecule has 1 aromatic rings. The Hall–Kier alpha value is -0.920. The third-order valence-corrected chi connectivity index (χ3v) is 3.04. The van der Waals surface area contributed by atoms with Crippen molar-refractivity contribution in [3.8, 4) is 0 Å². The average molecular weight is 218 g/mol. The molecule has 2 nitrogen and oxygen atoms in total. The van der Waals surface area contributed by atoms with Crippen molar-refractivity contribution < 1.29 is 0 Å². The largest absolute Gasteiger partial charge is 0.155 e. The Morgan fingerprint density at radius 1 is 1.19 bits per heavy atom. The summed E-state index contributed by atoms with van der Waals surface area (Å²) in [4.78, 5) is 0. The van der Waals surface area contributed by atoms with Crippen LogP contribution in [0.15, 0.2) is 6.07 Å². The molecule has 2 rings (SSSR count). The summed E-state index contributed by atoms with van der Waals surface area (Å²) in [6, 6.07) is 2.27. The second-order valence-corrected chi connectivity index (χ2v) is 7.06. The maximum atomic E-state index is 4.39. The summed E-state index contributed by atoms with van der Waals surface area (Å²) in [6.07, 6.45) is 3.23. The molecular formula is C14H22N2. The van der Waals surface area contributed by atoms with E-state index >= 15 is 0 Å². The molecular weight excluding hydrogens is 196 g/mol. The molecule has 0 saturated heterocycles. The Balaban J connectivity index is 2.23. The van der Waals surface area contributed by atoms with E-state index in [-0.39, 0.29) is 5.41 Å². The summed E-state index contributed by atoms with van der Waals surface area (Å²) in [5.41, 5.74) is 4.43. The summed E-state index contributed by atoms with van der Waals surface area (Å²) in [6.45, 7) is 11.3. The van der Waals surface area contributed by atoms with Crippen LogP contribution in [0.5, 0.6) is 0 Å². The predicted octanol–water partition coefficient (Wildman–Crippen LogP) is 3.19. The van der Waals surface area contributed by atoms with Crippen LogP contribution in [0.1, 0.15) is 51.6 Å². The minimum absolute atomic E-state index is 0.289. The van der Waals surface area contributed by atoms with E-state index in [0.29, 0.717) is 5.41 Å². The maximum absolute atomic E-state index is 4.39. The highest BCUT2D eigenvalue weighted by Crippen LogP contribution is 2.35. The van der Waals surface area contributed by atoms with Crippen LogP contribution in [0.25, 0.3) is 0 Å². The van der Waals surface area contributed by atoms with Gasteiger partial charge in [0.05, 0.1) is 11.4 Å². The minimum atomic E-state index is 0.289. The van der Waals surface area contributed by atoms with Crippen LogP contribution in [-0.4, -0.2) is 10.2 Å². The highest BCUT2D eigenvalue weighted by molar-refractivity contribution is 5.28. The van der Waals surface area contributed by atoms with E-state index in [2.05, 4.69) is 50.9 Å². The van der Waals surface area contributed by atoms with Gasteiger partial charge in [0.1, 0.15) is 0 Å². The Labute approximate surface area is 98.5 Å². The molecule has 1 aromatic heterocycles.